The molecule has 5 heteroatoms. The van der Waals surface area contributed by atoms with Crippen LogP contribution < -0.4 is 0 Å². The summed E-state index contributed by atoms with van der Waals surface area (Å²) >= 11 is 1.85. The smallest absolute Gasteiger partial charge is 0.164 e. The Morgan fingerprint density at radius 3 is 1.49 bits per heavy atom. The predicted molar refractivity (Wildman–Crippen MR) is 288 cm³/mol. The molecule has 12 rings (SSSR count). The average molecular weight is 887 g/mol. The molecule has 0 amide bonds. The maximum Gasteiger partial charge on any atom is 0.164 e. The van der Waals surface area contributed by atoms with E-state index >= 15 is 0 Å². The summed E-state index contributed by atoms with van der Waals surface area (Å²) in [5.41, 5.74) is 14.6. The van der Waals surface area contributed by atoms with Crippen molar-refractivity contribution in [2.24, 2.45) is 0 Å². The van der Waals surface area contributed by atoms with Gasteiger partial charge in [-0.05, 0) is 69.8 Å². The van der Waals surface area contributed by atoms with Crippen molar-refractivity contribution in [2.75, 3.05) is 0 Å². The Kier molecular flexibility index (Phi) is 10.3. The standard InChI is InChI=1S/C63H42N4S/c1-3-18-41(4-2)61-64-62(48-23-12-7-13-24-48)66-63(65-61)49-37-52(46-33-29-44(30-34-46)42-19-8-5-9-20-42)60(53(38-49)47-35-31-45(32-36-47)43-21-10-6-11-22-43)67-56-27-16-14-25-50(56)54-40-59-55(39-57(54)67)51-26-15-17-28-58(51)68-59/h3-40H,1-2H2/b41-18+. The number of nitrogens with zero attached hydrogens (tertiary/aromatic N) is 4. The van der Waals surface area contributed by atoms with Gasteiger partial charge in [0.05, 0.1) is 16.7 Å². The number of hydrogen-bond donors (Lipinski definition) is 0. The molecular formula is C63H42N4S. The van der Waals surface area contributed by atoms with E-state index in [2.05, 4.69) is 200 Å². The molecule has 0 saturated carbocycles. The molecule has 0 atom stereocenters. The largest absolute Gasteiger partial charge is 0.308 e. The van der Waals surface area contributed by atoms with Gasteiger partial charge in [0.2, 0.25) is 0 Å². The monoisotopic (exact) mass is 886 g/mol. The second-order valence-electron chi connectivity index (χ2n) is 16.9. The molecule has 68 heavy (non-hydrogen) atoms. The Bertz CT molecular complexity index is 3800. The first-order valence-electron chi connectivity index (χ1n) is 22.7. The fourth-order valence-electron chi connectivity index (χ4n) is 9.53. The van der Waals surface area contributed by atoms with Gasteiger partial charge in [-0.2, -0.15) is 0 Å². The van der Waals surface area contributed by atoms with Crippen LogP contribution in [0.15, 0.2) is 244 Å². The van der Waals surface area contributed by atoms with Crippen molar-refractivity contribution in [1.29, 1.82) is 0 Å². The highest BCUT2D eigenvalue weighted by Gasteiger charge is 2.24. The lowest BCUT2D eigenvalue weighted by Crippen LogP contribution is -2.05. The number of allylic oxidation sites excluding steroid dienone is 4. The Hall–Kier alpha value is -8.77. The van der Waals surface area contributed by atoms with Gasteiger partial charge in [-0.3, -0.25) is 0 Å². The van der Waals surface area contributed by atoms with Crippen LogP contribution in [0.4, 0.5) is 0 Å². The summed E-state index contributed by atoms with van der Waals surface area (Å²) < 4.78 is 5.05. The lowest BCUT2D eigenvalue weighted by molar-refractivity contribution is 1.04. The molecule has 9 aromatic carbocycles. The molecule has 0 aliphatic rings. The van der Waals surface area contributed by atoms with Crippen LogP contribution in [0.5, 0.6) is 0 Å². The summed E-state index contributed by atoms with van der Waals surface area (Å²) in [5.74, 6) is 1.64. The molecule has 0 aliphatic heterocycles. The topological polar surface area (TPSA) is 43.6 Å². The molecular weight excluding hydrogens is 845 g/mol. The minimum Gasteiger partial charge on any atom is -0.308 e. The van der Waals surface area contributed by atoms with Crippen LogP contribution in [0.3, 0.4) is 0 Å². The summed E-state index contributed by atoms with van der Waals surface area (Å²) in [6.07, 6.45) is 5.40. The first-order valence-corrected chi connectivity index (χ1v) is 23.6. The van der Waals surface area contributed by atoms with Gasteiger partial charge in [0.15, 0.2) is 17.5 Å². The quantitative estimate of drug-likeness (QED) is 0.129. The van der Waals surface area contributed by atoms with Crippen molar-refractivity contribution in [2.45, 2.75) is 0 Å². The molecule has 320 valence electrons. The maximum absolute atomic E-state index is 5.26. The van der Waals surface area contributed by atoms with Gasteiger partial charge in [0, 0.05) is 58.8 Å². The number of benzene rings is 9. The normalized spacial score (nSPS) is 11.7. The fourth-order valence-corrected chi connectivity index (χ4v) is 10.7. The second kappa shape index (κ2) is 17.2. The number of aromatic nitrogens is 4. The summed E-state index contributed by atoms with van der Waals surface area (Å²) in [5, 5.41) is 4.92. The highest BCUT2D eigenvalue weighted by atomic mass is 32.1. The molecule has 4 nitrogen and oxygen atoms in total. The van der Waals surface area contributed by atoms with Crippen molar-refractivity contribution in [3.05, 3.63) is 250 Å². The van der Waals surface area contributed by atoms with E-state index in [1.807, 2.05) is 47.7 Å². The van der Waals surface area contributed by atoms with Gasteiger partial charge in [-0.15, -0.1) is 11.3 Å². The van der Waals surface area contributed by atoms with E-state index in [1.165, 1.54) is 42.1 Å². The van der Waals surface area contributed by atoms with E-state index in [0.29, 0.717) is 17.5 Å². The Labute approximate surface area is 398 Å². The number of rotatable bonds is 10. The van der Waals surface area contributed by atoms with Crippen LogP contribution in [0.25, 0.3) is 121 Å². The zero-order chi connectivity index (χ0) is 45.6. The summed E-state index contributed by atoms with van der Waals surface area (Å²) in [7, 11) is 0. The summed E-state index contributed by atoms with van der Waals surface area (Å²) in [6.45, 7) is 8.11. The lowest BCUT2D eigenvalue weighted by Gasteiger charge is -2.21. The molecule has 0 saturated heterocycles. The molecule has 0 N–H and O–H groups in total. The zero-order valence-electron chi connectivity index (χ0n) is 37.1. The lowest BCUT2D eigenvalue weighted by atomic mass is 9.91. The van der Waals surface area contributed by atoms with E-state index in [1.54, 1.807) is 12.2 Å². The molecule has 0 unspecified atom stereocenters. The van der Waals surface area contributed by atoms with Gasteiger partial charge in [-0.25, -0.2) is 15.0 Å². The van der Waals surface area contributed by atoms with E-state index in [4.69, 9.17) is 15.0 Å². The van der Waals surface area contributed by atoms with Gasteiger partial charge in [-0.1, -0.05) is 207 Å². The minimum atomic E-state index is 0.518. The van der Waals surface area contributed by atoms with Crippen LogP contribution in [-0.4, -0.2) is 19.5 Å². The molecule has 3 aromatic heterocycles. The van der Waals surface area contributed by atoms with Crippen molar-refractivity contribution in [3.8, 4) is 73.0 Å². The molecule has 0 radical (unpaired) electrons. The highest BCUT2D eigenvalue weighted by molar-refractivity contribution is 7.25. The SMILES string of the molecule is C=C/C=C(\C=C)c1nc(-c2ccccc2)nc(-c2cc(-c3ccc(-c4ccccc4)cc3)c(-n3c4ccccc4c4cc5sc6ccccc6c5cc43)c(-c3ccc(-c4ccccc4)cc3)c2)n1. The van der Waals surface area contributed by atoms with Crippen LogP contribution in [0, 0.1) is 0 Å². The van der Waals surface area contributed by atoms with Gasteiger partial charge < -0.3 is 4.57 Å². The number of hydrogen-bond acceptors (Lipinski definition) is 4. The molecule has 3 heterocycles. The van der Waals surface area contributed by atoms with Crippen LogP contribution >= 0.6 is 11.3 Å². The minimum absolute atomic E-state index is 0.518. The first kappa shape index (κ1) is 40.7. The second-order valence-corrected chi connectivity index (χ2v) is 17.9. The van der Waals surface area contributed by atoms with E-state index < -0.39 is 0 Å². The van der Waals surface area contributed by atoms with E-state index in [0.717, 1.165) is 66.8 Å². The predicted octanol–water partition coefficient (Wildman–Crippen LogP) is 17.1. The molecule has 0 spiro atoms. The summed E-state index contributed by atoms with van der Waals surface area (Å²) in [4.78, 5) is 15.5. The van der Waals surface area contributed by atoms with Gasteiger partial charge >= 0.3 is 0 Å². The summed E-state index contributed by atoms with van der Waals surface area (Å²) in [6, 6.07) is 76.0. The van der Waals surface area contributed by atoms with Gasteiger partial charge in [0.1, 0.15) is 0 Å². The van der Waals surface area contributed by atoms with E-state index in [9.17, 15) is 0 Å². The third-order valence-electron chi connectivity index (χ3n) is 12.8. The fraction of sp³-hybridized carbons (Fsp3) is 0. The van der Waals surface area contributed by atoms with Crippen LogP contribution in [-0.2, 0) is 0 Å². The van der Waals surface area contributed by atoms with Gasteiger partial charge in [0.25, 0.3) is 0 Å². The highest BCUT2D eigenvalue weighted by Crippen LogP contribution is 2.46. The average Bonchev–Trinajstić information content (AvgIpc) is 3.94. The van der Waals surface area contributed by atoms with Crippen molar-refractivity contribution in [3.63, 3.8) is 0 Å². The molecule has 0 fully saturated rings. The molecule has 0 aliphatic carbocycles. The number of para-hydroxylation sites is 1. The molecule has 0 bridgehead atoms. The first-order chi connectivity index (χ1) is 33.6. The number of thiophene rings is 1. The Morgan fingerprint density at radius 2 is 0.897 bits per heavy atom. The third kappa shape index (κ3) is 7.23. The third-order valence-corrected chi connectivity index (χ3v) is 13.9. The molecule has 12 aromatic rings. The Morgan fingerprint density at radius 1 is 0.397 bits per heavy atom. The Balaban J connectivity index is 1.20. The van der Waals surface area contributed by atoms with E-state index in [-0.39, 0.29) is 0 Å². The zero-order valence-corrected chi connectivity index (χ0v) is 37.9. The maximum atomic E-state index is 5.26. The van der Waals surface area contributed by atoms with Crippen LogP contribution in [0.1, 0.15) is 5.82 Å². The number of fused-ring (bicyclic) bond motifs is 6. The van der Waals surface area contributed by atoms with Crippen LogP contribution in [0.2, 0.25) is 0 Å². The van der Waals surface area contributed by atoms with Crippen molar-refractivity contribution < 1.29 is 0 Å². The van der Waals surface area contributed by atoms with Crippen molar-refractivity contribution in [1.82, 2.24) is 19.5 Å². The van der Waals surface area contributed by atoms with Crippen molar-refractivity contribution >= 4 is 58.9 Å².